The predicted octanol–water partition coefficient (Wildman–Crippen LogP) is 7.91. The number of rotatable bonds is 3. The SMILES string of the molecule is Fc1ccc(-c2nc3ncc(-c4cccc(C(F)(F)F)c4)cn3c2-c2ccc(C(F)(F)F)cc2)cc1. The molecule has 0 saturated heterocycles. The minimum Gasteiger partial charge on any atom is -0.282 e. The number of alkyl halides is 6. The van der Waals surface area contributed by atoms with Crippen molar-refractivity contribution in [2.24, 2.45) is 0 Å². The van der Waals surface area contributed by atoms with Crippen LogP contribution in [0.4, 0.5) is 30.7 Å². The van der Waals surface area contributed by atoms with E-state index < -0.39 is 29.3 Å². The van der Waals surface area contributed by atoms with Gasteiger partial charge in [0.05, 0.1) is 22.5 Å². The Morgan fingerprint density at radius 1 is 0.639 bits per heavy atom. The molecule has 10 heteroatoms. The fourth-order valence-corrected chi connectivity index (χ4v) is 3.86. The van der Waals surface area contributed by atoms with Crippen LogP contribution in [0, 0.1) is 5.82 Å². The largest absolute Gasteiger partial charge is 0.416 e. The molecule has 0 amide bonds. The zero-order valence-electron chi connectivity index (χ0n) is 18.1. The molecule has 0 aliphatic carbocycles. The van der Waals surface area contributed by atoms with Crippen molar-refractivity contribution in [1.82, 2.24) is 14.4 Å². The van der Waals surface area contributed by atoms with Gasteiger partial charge in [-0.2, -0.15) is 26.3 Å². The summed E-state index contributed by atoms with van der Waals surface area (Å²) in [7, 11) is 0. The standard InChI is InChI=1S/C26H14F7N3/c27-21-10-6-15(7-11-21)22-23(16-4-8-19(9-5-16)25(28,29)30)36-14-18(13-34-24(36)35-22)17-2-1-3-20(12-17)26(31,32)33/h1-14H. The van der Waals surface area contributed by atoms with Crippen LogP contribution in [0.5, 0.6) is 0 Å². The summed E-state index contributed by atoms with van der Waals surface area (Å²) < 4.78 is 94.0. The number of benzene rings is 3. The van der Waals surface area contributed by atoms with Crippen LogP contribution in [-0.4, -0.2) is 14.4 Å². The van der Waals surface area contributed by atoms with E-state index >= 15 is 0 Å². The lowest BCUT2D eigenvalue weighted by atomic mass is 10.0. The van der Waals surface area contributed by atoms with Crippen molar-refractivity contribution in [2.45, 2.75) is 12.4 Å². The van der Waals surface area contributed by atoms with Gasteiger partial charge in [0.2, 0.25) is 5.78 Å². The molecule has 5 rings (SSSR count). The zero-order chi connectivity index (χ0) is 25.7. The van der Waals surface area contributed by atoms with Crippen molar-refractivity contribution in [2.75, 3.05) is 0 Å². The van der Waals surface area contributed by atoms with E-state index in [0.29, 0.717) is 28.1 Å². The van der Waals surface area contributed by atoms with Crippen LogP contribution in [0.1, 0.15) is 11.1 Å². The van der Waals surface area contributed by atoms with E-state index in [0.717, 1.165) is 24.3 Å². The summed E-state index contributed by atoms with van der Waals surface area (Å²) in [5.74, 6) is -0.316. The van der Waals surface area contributed by atoms with Crippen LogP contribution < -0.4 is 0 Å². The molecule has 0 radical (unpaired) electrons. The molecule has 0 fully saturated rings. The summed E-state index contributed by atoms with van der Waals surface area (Å²) in [6.07, 6.45) is -6.19. The van der Waals surface area contributed by atoms with Gasteiger partial charge in [-0.25, -0.2) is 14.4 Å². The first-order valence-corrected chi connectivity index (χ1v) is 10.5. The fourth-order valence-electron chi connectivity index (χ4n) is 3.86. The Morgan fingerprint density at radius 2 is 1.28 bits per heavy atom. The lowest BCUT2D eigenvalue weighted by Crippen LogP contribution is -2.04. The maximum Gasteiger partial charge on any atom is 0.416 e. The van der Waals surface area contributed by atoms with E-state index in [1.165, 1.54) is 65.3 Å². The summed E-state index contributed by atoms with van der Waals surface area (Å²) in [4.78, 5) is 8.75. The molecule has 5 aromatic rings. The highest BCUT2D eigenvalue weighted by Gasteiger charge is 2.31. The highest BCUT2D eigenvalue weighted by atomic mass is 19.4. The summed E-state index contributed by atoms with van der Waals surface area (Å²) in [5, 5.41) is 0. The molecule has 3 aromatic carbocycles. The number of nitrogens with zero attached hydrogens (tertiary/aromatic N) is 3. The second-order valence-electron chi connectivity index (χ2n) is 7.98. The van der Waals surface area contributed by atoms with Gasteiger partial charge in [0.25, 0.3) is 0 Å². The van der Waals surface area contributed by atoms with Crippen molar-refractivity contribution >= 4 is 5.78 Å². The van der Waals surface area contributed by atoms with Crippen LogP contribution in [0.15, 0.2) is 85.2 Å². The van der Waals surface area contributed by atoms with Gasteiger partial charge in [-0.3, -0.25) is 4.40 Å². The molecule has 36 heavy (non-hydrogen) atoms. The minimum atomic E-state index is -4.54. The smallest absolute Gasteiger partial charge is 0.282 e. The maximum absolute atomic E-state index is 13.5. The molecular formula is C26H14F7N3. The minimum absolute atomic E-state index is 0.167. The lowest BCUT2D eigenvalue weighted by Gasteiger charge is -2.11. The van der Waals surface area contributed by atoms with E-state index in [1.54, 1.807) is 0 Å². The Bertz CT molecular complexity index is 1550. The second kappa shape index (κ2) is 8.47. The molecule has 0 atom stereocenters. The van der Waals surface area contributed by atoms with E-state index in [2.05, 4.69) is 9.97 Å². The number of aromatic nitrogens is 3. The van der Waals surface area contributed by atoms with Gasteiger partial charge in [-0.15, -0.1) is 0 Å². The molecule has 182 valence electrons. The summed E-state index contributed by atoms with van der Waals surface area (Å²) in [6.45, 7) is 0. The van der Waals surface area contributed by atoms with Gasteiger partial charge < -0.3 is 0 Å². The second-order valence-corrected chi connectivity index (χ2v) is 7.98. The van der Waals surface area contributed by atoms with Crippen LogP contribution in [0.3, 0.4) is 0 Å². The normalized spacial score (nSPS) is 12.3. The van der Waals surface area contributed by atoms with Gasteiger partial charge in [0, 0.05) is 29.1 Å². The number of hydrogen-bond donors (Lipinski definition) is 0. The molecule has 3 nitrogen and oxygen atoms in total. The number of hydrogen-bond acceptors (Lipinski definition) is 2. The molecule has 0 unspecified atom stereocenters. The van der Waals surface area contributed by atoms with Crippen molar-refractivity contribution in [3.63, 3.8) is 0 Å². The van der Waals surface area contributed by atoms with Gasteiger partial charge in [-0.1, -0.05) is 24.3 Å². The molecule has 0 bridgehead atoms. The first-order valence-electron chi connectivity index (χ1n) is 10.5. The first-order chi connectivity index (χ1) is 17.0. The molecule has 0 aliphatic heterocycles. The molecule has 2 aromatic heterocycles. The molecule has 0 aliphatic rings. The quantitative estimate of drug-likeness (QED) is 0.235. The number of halogens is 7. The van der Waals surface area contributed by atoms with Crippen LogP contribution in [0.2, 0.25) is 0 Å². The highest BCUT2D eigenvalue weighted by Crippen LogP contribution is 2.37. The third-order valence-corrected chi connectivity index (χ3v) is 5.61. The Hall–Kier alpha value is -4.21. The Kier molecular flexibility index (Phi) is 5.54. The molecule has 0 spiro atoms. The fraction of sp³-hybridized carbons (Fsp3) is 0.0769. The summed E-state index contributed by atoms with van der Waals surface area (Å²) in [5.41, 5.74) is 0.427. The lowest BCUT2D eigenvalue weighted by molar-refractivity contribution is -0.138. The van der Waals surface area contributed by atoms with Gasteiger partial charge in [0.15, 0.2) is 0 Å². The average Bonchev–Trinajstić information content (AvgIpc) is 3.22. The number of imidazole rings is 1. The monoisotopic (exact) mass is 501 g/mol. The topological polar surface area (TPSA) is 30.2 Å². The van der Waals surface area contributed by atoms with Gasteiger partial charge >= 0.3 is 12.4 Å². The molecule has 0 saturated carbocycles. The van der Waals surface area contributed by atoms with E-state index in [1.807, 2.05) is 0 Å². The van der Waals surface area contributed by atoms with Crippen molar-refractivity contribution in [1.29, 1.82) is 0 Å². The first kappa shape index (κ1) is 23.5. The maximum atomic E-state index is 13.5. The summed E-state index contributed by atoms with van der Waals surface area (Å²) in [6, 6.07) is 14.5. The third kappa shape index (κ3) is 4.41. The van der Waals surface area contributed by atoms with Crippen LogP contribution in [-0.2, 0) is 12.4 Å². The number of fused-ring (bicyclic) bond motifs is 1. The third-order valence-electron chi connectivity index (χ3n) is 5.61. The van der Waals surface area contributed by atoms with E-state index in [4.69, 9.17) is 0 Å². The zero-order valence-corrected chi connectivity index (χ0v) is 18.1. The molecular weight excluding hydrogens is 487 g/mol. The average molecular weight is 501 g/mol. The Balaban J connectivity index is 1.72. The van der Waals surface area contributed by atoms with E-state index in [9.17, 15) is 30.7 Å². The van der Waals surface area contributed by atoms with Gasteiger partial charge in [-0.05, 0) is 54.1 Å². The molecule has 0 N–H and O–H groups in total. The van der Waals surface area contributed by atoms with Crippen molar-refractivity contribution in [3.8, 4) is 33.6 Å². The van der Waals surface area contributed by atoms with Crippen molar-refractivity contribution < 1.29 is 30.7 Å². The Morgan fingerprint density at radius 3 is 1.92 bits per heavy atom. The molecule has 2 heterocycles. The van der Waals surface area contributed by atoms with E-state index in [-0.39, 0.29) is 11.3 Å². The van der Waals surface area contributed by atoms with Crippen LogP contribution >= 0.6 is 0 Å². The van der Waals surface area contributed by atoms with Crippen LogP contribution in [0.25, 0.3) is 39.4 Å². The Labute approximate surface area is 199 Å². The van der Waals surface area contributed by atoms with Gasteiger partial charge in [0.1, 0.15) is 5.82 Å². The highest BCUT2D eigenvalue weighted by molar-refractivity contribution is 5.82. The summed E-state index contributed by atoms with van der Waals surface area (Å²) >= 11 is 0. The predicted molar refractivity (Wildman–Crippen MR) is 119 cm³/mol. The van der Waals surface area contributed by atoms with Crippen molar-refractivity contribution in [3.05, 3.63) is 102 Å².